The molecule has 5 rings (SSSR count). The number of hydrogen-bond donors (Lipinski definition) is 0. The van der Waals surface area contributed by atoms with E-state index in [2.05, 4.69) is 0 Å². The summed E-state index contributed by atoms with van der Waals surface area (Å²) in [5.74, 6) is -0.794. The van der Waals surface area contributed by atoms with Crippen molar-refractivity contribution >= 4 is 22.9 Å². The molecular weight excluding hydrogens is 338 g/mol. The Labute approximate surface area is 154 Å². The summed E-state index contributed by atoms with van der Waals surface area (Å²) in [6.45, 7) is 0. The van der Waals surface area contributed by atoms with E-state index in [9.17, 15) is 14.4 Å². The third kappa shape index (κ3) is 2.07. The zero-order chi connectivity index (χ0) is 18.5. The molecule has 0 unspecified atom stereocenters. The molecule has 0 radical (unpaired) electrons. The fraction of sp³-hybridized carbons (Fsp3) is 0. The average molecular weight is 351 g/mol. The topological polar surface area (TPSA) is 55.6 Å². The van der Waals surface area contributed by atoms with Crippen LogP contribution in [0.4, 0.5) is 0 Å². The van der Waals surface area contributed by atoms with E-state index in [1.54, 1.807) is 77.3 Å². The molecule has 27 heavy (non-hydrogen) atoms. The SMILES string of the molecule is O=C1c2ccccc2C(=O)c2c1c(C(=O)c1ccccc1)c1ccccn21. The second-order valence-corrected chi connectivity index (χ2v) is 6.45. The van der Waals surface area contributed by atoms with Gasteiger partial charge in [-0.3, -0.25) is 14.4 Å². The van der Waals surface area contributed by atoms with Gasteiger partial charge < -0.3 is 4.40 Å². The van der Waals surface area contributed by atoms with Crippen molar-refractivity contribution in [3.8, 4) is 0 Å². The summed E-state index contributed by atoms with van der Waals surface area (Å²) in [5, 5.41) is 0. The van der Waals surface area contributed by atoms with E-state index in [0.717, 1.165) is 0 Å². The molecule has 0 spiro atoms. The lowest BCUT2D eigenvalue weighted by atomic mass is 9.85. The van der Waals surface area contributed by atoms with Gasteiger partial charge in [-0.1, -0.05) is 60.7 Å². The predicted octanol–water partition coefficient (Wildman–Crippen LogP) is 3.95. The van der Waals surface area contributed by atoms with Gasteiger partial charge in [0, 0.05) is 22.9 Å². The number of pyridine rings is 1. The lowest BCUT2D eigenvalue weighted by Gasteiger charge is -2.15. The molecule has 4 aromatic rings. The Morgan fingerprint density at radius 1 is 0.704 bits per heavy atom. The van der Waals surface area contributed by atoms with Crippen molar-refractivity contribution in [3.05, 3.63) is 113 Å². The summed E-state index contributed by atoms with van der Waals surface area (Å²) in [6, 6.07) is 20.9. The number of ketones is 3. The Morgan fingerprint density at radius 3 is 2.07 bits per heavy atom. The van der Waals surface area contributed by atoms with Gasteiger partial charge in [-0.25, -0.2) is 0 Å². The molecule has 4 heteroatoms. The van der Waals surface area contributed by atoms with Crippen LogP contribution in [0.25, 0.3) is 5.52 Å². The number of hydrogen-bond acceptors (Lipinski definition) is 3. The van der Waals surface area contributed by atoms with Gasteiger partial charge in [0.05, 0.1) is 16.6 Å². The number of rotatable bonds is 2. The summed E-state index contributed by atoms with van der Waals surface area (Å²) >= 11 is 0. The molecule has 0 aliphatic heterocycles. The summed E-state index contributed by atoms with van der Waals surface area (Å²) < 4.78 is 1.65. The highest BCUT2D eigenvalue weighted by Gasteiger charge is 2.37. The first-order valence-electron chi connectivity index (χ1n) is 8.59. The van der Waals surface area contributed by atoms with Crippen molar-refractivity contribution in [2.45, 2.75) is 0 Å². The van der Waals surface area contributed by atoms with Crippen LogP contribution in [-0.2, 0) is 0 Å². The molecule has 0 atom stereocenters. The minimum Gasteiger partial charge on any atom is -0.312 e. The Kier molecular flexibility index (Phi) is 3.21. The molecule has 0 fully saturated rings. The van der Waals surface area contributed by atoms with Crippen LogP contribution in [0.5, 0.6) is 0 Å². The molecule has 4 nitrogen and oxygen atoms in total. The highest BCUT2D eigenvalue weighted by molar-refractivity contribution is 6.33. The Balaban J connectivity index is 1.88. The summed E-state index contributed by atoms with van der Waals surface area (Å²) in [7, 11) is 0. The second-order valence-electron chi connectivity index (χ2n) is 6.45. The number of aromatic nitrogens is 1. The largest absolute Gasteiger partial charge is 0.312 e. The molecule has 0 bridgehead atoms. The van der Waals surface area contributed by atoms with Gasteiger partial charge in [-0.05, 0) is 12.1 Å². The molecule has 1 aliphatic rings. The summed E-state index contributed by atoms with van der Waals surface area (Å²) in [5.41, 5.74) is 2.49. The fourth-order valence-corrected chi connectivity index (χ4v) is 3.76. The second kappa shape index (κ2) is 5.61. The Bertz CT molecular complexity index is 1270. The standard InChI is InChI=1S/C23H13NO3/c25-21(14-8-2-1-3-9-14)18-17-12-6-7-13-24(17)20-19(18)22(26)15-10-4-5-11-16(15)23(20)27/h1-13H. The average Bonchev–Trinajstić information content (AvgIpc) is 3.08. The molecule has 2 heterocycles. The van der Waals surface area contributed by atoms with Crippen LogP contribution in [0.2, 0.25) is 0 Å². The number of carbonyl (C=O) groups excluding carboxylic acids is 3. The van der Waals surface area contributed by atoms with Crippen LogP contribution in [-0.4, -0.2) is 21.8 Å². The lowest BCUT2D eigenvalue weighted by Crippen LogP contribution is -2.22. The van der Waals surface area contributed by atoms with E-state index < -0.39 is 0 Å². The maximum Gasteiger partial charge on any atom is 0.211 e. The van der Waals surface area contributed by atoms with Crippen LogP contribution < -0.4 is 0 Å². The number of benzene rings is 2. The van der Waals surface area contributed by atoms with Crippen LogP contribution in [0.15, 0.2) is 79.0 Å². The van der Waals surface area contributed by atoms with Gasteiger partial charge in [-0.2, -0.15) is 0 Å². The van der Waals surface area contributed by atoms with Crippen LogP contribution in [0.3, 0.4) is 0 Å². The van der Waals surface area contributed by atoms with E-state index in [4.69, 9.17) is 0 Å². The molecular formula is C23H13NO3. The highest BCUT2D eigenvalue weighted by atomic mass is 16.1. The molecule has 0 N–H and O–H groups in total. The third-order valence-electron chi connectivity index (χ3n) is 4.97. The maximum atomic E-state index is 13.3. The van der Waals surface area contributed by atoms with E-state index in [-0.39, 0.29) is 34.2 Å². The predicted molar refractivity (Wildman–Crippen MR) is 101 cm³/mol. The normalized spacial score (nSPS) is 12.7. The number of nitrogens with zero attached hydrogens (tertiary/aromatic N) is 1. The van der Waals surface area contributed by atoms with E-state index in [1.165, 1.54) is 0 Å². The first-order chi connectivity index (χ1) is 13.2. The van der Waals surface area contributed by atoms with Crippen molar-refractivity contribution in [2.75, 3.05) is 0 Å². The summed E-state index contributed by atoms with van der Waals surface area (Å²) in [4.78, 5) is 39.7. The van der Waals surface area contributed by atoms with Crippen LogP contribution in [0, 0.1) is 0 Å². The zero-order valence-corrected chi connectivity index (χ0v) is 14.2. The van der Waals surface area contributed by atoms with Gasteiger partial charge in [0.25, 0.3) is 0 Å². The molecule has 1 aliphatic carbocycles. The molecule has 0 saturated heterocycles. The van der Waals surface area contributed by atoms with Crippen molar-refractivity contribution in [2.24, 2.45) is 0 Å². The van der Waals surface area contributed by atoms with Gasteiger partial charge >= 0.3 is 0 Å². The van der Waals surface area contributed by atoms with Crippen molar-refractivity contribution in [3.63, 3.8) is 0 Å². The number of carbonyl (C=O) groups is 3. The third-order valence-corrected chi connectivity index (χ3v) is 4.97. The minimum atomic E-state index is -0.289. The molecule has 128 valence electrons. The van der Waals surface area contributed by atoms with Crippen molar-refractivity contribution in [1.82, 2.24) is 4.40 Å². The minimum absolute atomic E-state index is 0.193. The molecule has 2 aromatic carbocycles. The van der Waals surface area contributed by atoms with Gasteiger partial charge in [0.15, 0.2) is 11.6 Å². The fourth-order valence-electron chi connectivity index (χ4n) is 3.76. The maximum absolute atomic E-state index is 13.3. The lowest BCUT2D eigenvalue weighted by molar-refractivity contribution is 0.0970. The first-order valence-corrected chi connectivity index (χ1v) is 8.59. The van der Waals surface area contributed by atoms with E-state index >= 15 is 0 Å². The van der Waals surface area contributed by atoms with Gasteiger partial charge in [0.1, 0.15) is 5.69 Å². The molecule has 0 saturated carbocycles. The quantitative estimate of drug-likeness (QED) is 0.453. The highest BCUT2D eigenvalue weighted by Crippen LogP contribution is 2.34. The van der Waals surface area contributed by atoms with Crippen LogP contribution >= 0.6 is 0 Å². The Morgan fingerprint density at radius 2 is 1.33 bits per heavy atom. The Hall–Kier alpha value is -3.79. The molecule has 0 amide bonds. The summed E-state index contributed by atoms with van der Waals surface area (Å²) in [6.07, 6.45) is 1.72. The molecule has 2 aromatic heterocycles. The van der Waals surface area contributed by atoms with Crippen molar-refractivity contribution in [1.29, 1.82) is 0 Å². The van der Waals surface area contributed by atoms with Crippen molar-refractivity contribution < 1.29 is 14.4 Å². The first kappa shape index (κ1) is 15.5. The van der Waals surface area contributed by atoms with E-state index in [1.807, 2.05) is 6.07 Å². The van der Waals surface area contributed by atoms with Crippen LogP contribution in [0.1, 0.15) is 47.9 Å². The monoisotopic (exact) mass is 351 g/mol. The smallest absolute Gasteiger partial charge is 0.211 e. The number of fused-ring (bicyclic) bond motifs is 4. The van der Waals surface area contributed by atoms with E-state index in [0.29, 0.717) is 22.2 Å². The van der Waals surface area contributed by atoms with Gasteiger partial charge in [-0.15, -0.1) is 0 Å². The van der Waals surface area contributed by atoms with Gasteiger partial charge in [0.2, 0.25) is 5.78 Å². The zero-order valence-electron chi connectivity index (χ0n) is 14.2.